The van der Waals surface area contributed by atoms with E-state index >= 15 is 0 Å². The maximum Gasteiger partial charge on any atom is 0.0827 e. The molecule has 1 unspecified atom stereocenters. The average Bonchev–Trinajstić information content (AvgIpc) is 2.68. The monoisotopic (exact) mass is 238 g/mol. The third kappa shape index (κ3) is 5.82. The van der Waals surface area contributed by atoms with Crippen LogP contribution in [0.2, 0.25) is 0 Å². The highest BCUT2D eigenvalue weighted by Gasteiger charge is 2.11. The van der Waals surface area contributed by atoms with Gasteiger partial charge < -0.3 is 5.32 Å². The second-order valence-corrected chi connectivity index (χ2v) is 5.20. The lowest BCUT2D eigenvalue weighted by molar-refractivity contribution is 0.397. The molecule has 1 aromatic rings. The molecular weight excluding hydrogens is 212 g/mol. The van der Waals surface area contributed by atoms with Crippen molar-refractivity contribution in [2.75, 3.05) is 6.54 Å². The molecule has 0 spiro atoms. The minimum Gasteiger partial charge on any atom is -0.314 e. The summed E-state index contributed by atoms with van der Waals surface area (Å²) in [5, 5.41) is 11.7. The number of hydrogen-bond acceptors (Lipinski definition) is 3. The van der Waals surface area contributed by atoms with Gasteiger partial charge in [-0.2, -0.15) is 0 Å². The van der Waals surface area contributed by atoms with Crippen molar-refractivity contribution in [2.45, 2.75) is 52.5 Å². The smallest absolute Gasteiger partial charge is 0.0827 e. The van der Waals surface area contributed by atoms with Crippen LogP contribution in [0.5, 0.6) is 0 Å². The molecule has 1 heterocycles. The summed E-state index contributed by atoms with van der Waals surface area (Å²) in [6.07, 6.45) is 6.60. The minimum absolute atomic E-state index is 0.608. The molecule has 1 rings (SSSR count). The molecule has 1 atom stereocenters. The first-order valence-corrected chi connectivity index (χ1v) is 6.70. The summed E-state index contributed by atoms with van der Waals surface area (Å²) in [5.74, 6) is 0.742. The highest BCUT2D eigenvalue weighted by Crippen LogP contribution is 2.10. The van der Waals surface area contributed by atoms with Gasteiger partial charge in [-0.05, 0) is 38.1 Å². The van der Waals surface area contributed by atoms with Crippen LogP contribution >= 0.6 is 0 Å². The van der Waals surface area contributed by atoms with Crippen LogP contribution in [0.15, 0.2) is 6.20 Å². The Labute approximate surface area is 105 Å². The van der Waals surface area contributed by atoms with E-state index in [9.17, 15) is 0 Å². The highest BCUT2D eigenvalue weighted by atomic mass is 15.4. The molecule has 17 heavy (non-hydrogen) atoms. The van der Waals surface area contributed by atoms with Crippen LogP contribution in [0.1, 0.15) is 45.7 Å². The Morgan fingerprint density at radius 1 is 1.41 bits per heavy atom. The van der Waals surface area contributed by atoms with E-state index < -0.39 is 0 Å². The predicted octanol–water partition coefficient (Wildman–Crippen LogP) is 2.16. The van der Waals surface area contributed by atoms with E-state index in [0.29, 0.717) is 6.04 Å². The Kier molecular flexibility index (Phi) is 6.19. The zero-order valence-electron chi connectivity index (χ0n) is 11.6. The first-order valence-electron chi connectivity index (χ1n) is 6.70. The van der Waals surface area contributed by atoms with Gasteiger partial charge >= 0.3 is 0 Å². The van der Waals surface area contributed by atoms with Crippen molar-refractivity contribution in [3.05, 3.63) is 11.9 Å². The second kappa shape index (κ2) is 7.43. The Hall–Kier alpha value is -0.900. The molecule has 4 heteroatoms. The summed E-state index contributed by atoms with van der Waals surface area (Å²) < 4.78 is 1.77. The topological polar surface area (TPSA) is 42.7 Å². The third-order valence-corrected chi connectivity index (χ3v) is 2.84. The van der Waals surface area contributed by atoms with E-state index in [-0.39, 0.29) is 0 Å². The molecule has 1 N–H and O–H groups in total. The van der Waals surface area contributed by atoms with E-state index in [0.717, 1.165) is 31.0 Å². The van der Waals surface area contributed by atoms with Crippen molar-refractivity contribution >= 4 is 0 Å². The lowest BCUT2D eigenvalue weighted by atomic mass is 9.99. The molecule has 0 bridgehead atoms. The summed E-state index contributed by atoms with van der Waals surface area (Å²) in [6, 6.07) is 0.608. The fourth-order valence-corrected chi connectivity index (χ4v) is 2.05. The maximum absolute atomic E-state index is 4.13. The van der Waals surface area contributed by atoms with Gasteiger partial charge in [0.15, 0.2) is 0 Å². The molecule has 0 fully saturated rings. The van der Waals surface area contributed by atoms with Gasteiger partial charge in [0.25, 0.3) is 0 Å². The number of nitrogens with zero attached hydrogens (tertiary/aromatic N) is 3. The average molecular weight is 238 g/mol. The van der Waals surface area contributed by atoms with Gasteiger partial charge in [0, 0.05) is 19.3 Å². The standard InChI is InChI=1S/C13H26N4/c1-5-8-14-12(9-11(2)3)6-7-13-10-17(4)16-15-13/h10-12,14H,5-9H2,1-4H3. The Morgan fingerprint density at radius 2 is 2.18 bits per heavy atom. The molecule has 0 aliphatic heterocycles. The quantitative estimate of drug-likeness (QED) is 0.754. The van der Waals surface area contributed by atoms with E-state index in [2.05, 4.69) is 36.4 Å². The van der Waals surface area contributed by atoms with Crippen molar-refractivity contribution in [1.29, 1.82) is 0 Å². The van der Waals surface area contributed by atoms with Gasteiger partial charge in [-0.25, -0.2) is 0 Å². The summed E-state index contributed by atoms with van der Waals surface area (Å²) >= 11 is 0. The maximum atomic E-state index is 4.13. The summed E-state index contributed by atoms with van der Waals surface area (Å²) in [5.41, 5.74) is 1.10. The van der Waals surface area contributed by atoms with Gasteiger partial charge in [0.05, 0.1) is 5.69 Å². The number of hydrogen-bond donors (Lipinski definition) is 1. The third-order valence-electron chi connectivity index (χ3n) is 2.84. The number of nitrogens with one attached hydrogen (secondary N) is 1. The van der Waals surface area contributed by atoms with Crippen molar-refractivity contribution in [3.8, 4) is 0 Å². The van der Waals surface area contributed by atoms with E-state index in [4.69, 9.17) is 0 Å². The molecule has 0 radical (unpaired) electrons. The van der Waals surface area contributed by atoms with Crippen LogP contribution in [0, 0.1) is 5.92 Å². The molecule has 0 aliphatic rings. The van der Waals surface area contributed by atoms with Gasteiger partial charge in [0.1, 0.15) is 0 Å². The lowest BCUT2D eigenvalue weighted by Crippen LogP contribution is -2.31. The van der Waals surface area contributed by atoms with E-state index in [1.807, 2.05) is 13.2 Å². The molecule has 0 saturated carbocycles. The van der Waals surface area contributed by atoms with Crippen molar-refractivity contribution < 1.29 is 0 Å². The highest BCUT2D eigenvalue weighted by molar-refractivity contribution is 4.93. The normalized spacial score (nSPS) is 13.2. The largest absolute Gasteiger partial charge is 0.314 e. The second-order valence-electron chi connectivity index (χ2n) is 5.20. The molecule has 0 aromatic carbocycles. The van der Waals surface area contributed by atoms with Gasteiger partial charge in [-0.1, -0.05) is 26.0 Å². The van der Waals surface area contributed by atoms with Crippen LogP contribution in [-0.2, 0) is 13.5 Å². The SMILES string of the molecule is CCCNC(CCc1cn(C)nn1)CC(C)C. The Morgan fingerprint density at radius 3 is 2.71 bits per heavy atom. The van der Waals surface area contributed by atoms with E-state index in [1.54, 1.807) is 4.68 Å². The van der Waals surface area contributed by atoms with Crippen LogP contribution < -0.4 is 5.32 Å². The van der Waals surface area contributed by atoms with Gasteiger partial charge in [-0.3, -0.25) is 4.68 Å². The molecule has 98 valence electrons. The zero-order chi connectivity index (χ0) is 12.7. The van der Waals surface area contributed by atoms with Gasteiger partial charge in [-0.15, -0.1) is 5.10 Å². The van der Waals surface area contributed by atoms with Crippen LogP contribution in [0.3, 0.4) is 0 Å². The number of aromatic nitrogens is 3. The van der Waals surface area contributed by atoms with Crippen LogP contribution in [0.4, 0.5) is 0 Å². The minimum atomic E-state index is 0.608. The summed E-state index contributed by atoms with van der Waals surface area (Å²) in [7, 11) is 1.91. The van der Waals surface area contributed by atoms with Gasteiger partial charge in [0.2, 0.25) is 0 Å². The Bertz CT molecular complexity index is 306. The lowest BCUT2D eigenvalue weighted by Gasteiger charge is -2.19. The first kappa shape index (κ1) is 14.2. The molecule has 0 aliphatic carbocycles. The summed E-state index contributed by atoms with van der Waals surface area (Å²) in [6.45, 7) is 7.88. The zero-order valence-corrected chi connectivity index (χ0v) is 11.6. The van der Waals surface area contributed by atoms with Crippen molar-refractivity contribution in [1.82, 2.24) is 20.3 Å². The van der Waals surface area contributed by atoms with Crippen molar-refractivity contribution in [3.63, 3.8) is 0 Å². The first-order chi connectivity index (χ1) is 8.11. The summed E-state index contributed by atoms with van der Waals surface area (Å²) in [4.78, 5) is 0. The molecule has 0 amide bonds. The fourth-order valence-electron chi connectivity index (χ4n) is 2.05. The van der Waals surface area contributed by atoms with E-state index in [1.165, 1.54) is 12.8 Å². The predicted molar refractivity (Wildman–Crippen MR) is 70.9 cm³/mol. The number of aryl methyl sites for hydroxylation is 2. The Balaban J connectivity index is 2.36. The van der Waals surface area contributed by atoms with Crippen molar-refractivity contribution in [2.24, 2.45) is 13.0 Å². The molecular formula is C13H26N4. The van der Waals surface area contributed by atoms with Crippen LogP contribution in [0.25, 0.3) is 0 Å². The number of rotatable bonds is 8. The fraction of sp³-hybridized carbons (Fsp3) is 0.846. The van der Waals surface area contributed by atoms with Crippen LogP contribution in [-0.4, -0.2) is 27.6 Å². The molecule has 0 saturated heterocycles. The molecule has 4 nitrogen and oxygen atoms in total. The molecule has 1 aromatic heterocycles.